The number of likely N-dealkylation sites (tertiary alicyclic amines) is 1. The van der Waals surface area contributed by atoms with Crippen LogP contribution in [0.25, 0.3) is 6.08 Å². The van der Waals surface area contributed by atoms with Gasteiger partial charge in [0.15, 0.2) is 0 Å². The van der Waals surface area contributed by atoms with E-state index in [4.69, 9.17) is 0 Å². The van der Waals surface area contributed by atoms with Crippen LogP contribution in [0.2, 0.25) is 0 Å². The van der Waals surface area contributed by atoms with Crippen molar-refractivity contribution in [3.63, 3.8) is 0 Å². The summed E-state index contributed by atoms with van der Waals surface area (Å²) in [6, 6.07) is 25.5. The van der Waals surface area contributed by atoms with Crippen molar-refractivity contribution in [3.05, 3.63) is 108 Å². The summed E-state index contributed by atoms with van der Waals surface area (Å²) >= 11 is 0. The second kappa shape index (κ2) is 10.7. The van der Waals surface area contributed by atoms with Crippen LogP contribution < -0.4 is 5.32 Å². The van der Waals surface area contributed by atoms with Crippen molar-refractivity contribution in [2.45, 2.75) is 18.9 Å². The first-order valence-corrected chi connectivity index (χ1v) is 11.0. The summed E-state index contributed by atoms with van der Waals surface area (Å²) in [6.07, 6.45) is 8.88. The van der Waals surface area contributed by atoms with E-state index in [1.54, 1.807) is 6.20 Å². The van der Waals surface area contributed by atoms with Crippen molar-refractivity contribution >= 4 is 12.0 Å². The highest BCUT2D eigenvalue weighted by Gasteiger charge is 2.33. The van der Waals surface area contributed by atoms with Gasteiger partial charge in [0.25, 0.3) is 0 Å². The molecule has 0 unspecified atom stereocenters. The minimum Gasteiger partial charge on any atom is -0.356 e. The van der Waals surface area contributed by atoms with Crippen LogP contribution in [-0.2, 0) is 4.79 Å². The Hall–Kier alpha value is -3.24. The molecular formula is C27H29N3O. The number of benzene rings is 2. The maximum absolute atomic E-state index is 12.2. The van der Waals surface area contributed by atoms with Crippen molar-refractivity contribution in [1.82, 2.24) is 15.2 Å². The molecule has 1 aliphatic heterocycles. The molecule has 1 saturated heterocycles. The van der Waals surface area contributed by atoms with Crippen LogP contribution in [0.15, 0.2) is 91.3 Å². The van der Waals surface area contributed by atoms with Crippen LogP contribution in [0, 0.1) is 5.92 Å². The van der Waals surface area contributed by atoms with Crippen LogP contribution in [0.1, 0.15) is 35.6 Å². The maximum atomic E-state index is 12.2. The Bertz CT molecular complexity index is 928. The van der Waals surface area contributed by atoms with Gasteiger partial charge in [-0.3, -0.25) is 14.7 Å². The largest absolute Gasteiger partial charge is 0.356 e. The van der Waals surface area contributed by atoms with Crippen molar-refractivity contribution < 1.29 is 4.79 Å². The number of allylic oxidation sites excluding steroid dienone is 1. The molecule has 1 fully saturated rings. The van der Waals surface area contributed by atoms with Crippen molar-refractivity contribution in [1.29, 1.82) is 0 Å². The second-order valence-electron chi connectivity index (χ2n) is 8.08. The standard InChI is InChI=1S/C27H29N3O/c31-26(16-8-7-10-22-11-9-17-28-18-22)29-19-23-20-30(21-23)27(24-12-3-1-4-13-24)25-14-5-2-6-15-25/h1-7,9-15,17-18,23,27H,8,16,19-21H2,(H,29,31)/b10-7+. The summed E-state index contributed by atoms with van der Waals surface area (Å²) < 4.78 is 0. The molecule has 3 aromatic rings. The second-order valence-corrected chi connectivity index (χ2v) is 8.08. The van der Waals surface area contributed by atoms with E-state index in [2.05, 4.69) is 75.9 Å². The first-order chi connectivity index (χ1) is 15.3. The van der Waals surface area contributed by atoms with E-state index in [0.29, 0.717) is 12.3 Å². The average Bonchev–Trinajstić information content (AvgIpc) is 2.80. The number of carbonyl (C=O) groups excluding carboxylic acids is 1. The highest BCUT2D eigenvalue weighted by atomic mass is 16.1. The molecule has 4 heteroatoms. The molecule has 158 valence electrons. The summed E-state index contributed by atoms with van der Waals surface area (Å²) in [6.45, 7) is 2.74. The summed E-state index contributed by atoms with van der Waals surface area (Å²) in [5.41, 5.74) is 3.69. The van der Waals surface area contributed by atoms with E-state index < -0.39 is 0 Å². The van der Waals surface area contributed by atoms with Gasteiger partial charge in [-0.15, -0.1) is 0 Å². The number of pyridine rings is 1. The molecule has 0 aliphatic carbocycles. The molecule has 1 aliphatic rings. The molecule has 4 nitrogen and oxygen atoms in total. The number of aromatic nitrogens is 1. The van der Waals surface area contributed by atoms with Crippen LogP contribution in [-0.4, -0.2) is 35.4 Å². The quantitative estimate of drug-likeness (QED) is 0.554. The molecule has 0 bridgehead atoms. The molecule has 0 radical (unpaired) electrons. The van der Waals surface area contributed by atoms with Gasteiger partial charge in [0.2, 0.25) is 5.91 Å². The first-order valence-electron chi connectivity index (χ1n) is 11.0. The number of carbonyl (C=O) groups is 1. The smallest absolute Gasteiger partial charge is 0.220 e. The number of rotatable bonds is 9. The predicted octanol–water partition coefficient (Wildman–Crippen LogP) is 4.71. The molecule has 2 aromatic carbocycles. The van der Waals surface area contributed by atoms with Crippen LogP contribution >= 0.6 is 0 Å². The Morgan fingerprint density at radius 1 is 1.00 bits per heavy atom. The van der Waals surface area contributed by atoms with Gasteiger partial charge >= 0.3 is 0 Å². The number of amides is 1. The van der Waals surface area contributed by atoms with Crippen molar-refractivity contribution in [3.8, 4) is 0 Å². The minimum absolute atomic E-state index is 0.122. The number of hydrogen-bond donors (Lipinski definition) is 1. The Morgan fingerprint density at radius 3 is 2.29 bits per heavy atom. The molecule has 1 aromatic heterocycles. The molecular weight excluding hydrogens is 382 g/mol. The normalized spacial score (nSPS) is 14.6. The van der Waals surface area contributed by atoms with Crippen molar-refractivity contribution in [2.24, 2.45) is 5.92 Å². The van der Waals surface area contributed by atoms with E-state index >= 15 is 0 Å². The predicted molar refractivity (Wildman–Crippen MR) is 125 cm³/mol. The Kier molecular flexibility index (Phi) is 7.24. The number of hydrogen-bond acceptors (Lipinski definition) is 3. The Morgan fingerprint density at radius 2 is 1.68 bits per heavy atom. The first kappa shape index (κ1) is 21.0. The van der Waals surface area contributed by atoms with Crippen LogP contribution in [0.3, 0.4) is 0 Å². The fraction of sp³-hybridized carbons (Fsp3) is 0.259. The third-order valence-electron chi connectivity index (χ3n) is 5.70. The SMILES string of the molecule is O=C(CC/C=C/c1cccnc1)NCC1CN(C(c2ccccc2)c2ccccc2)C1. The highest BCUT2D eigenvalue weighted by molar-refractivity contribution is 5.76. The van der Waals surface area contributed by atoms with E-state index in [1.807, 2.05) is 30.5 Å². The zero-order valence-corrected chi connectivity index (χ0v) is 17.7. The van der Waals surface area contributed by atoms with Gasteiger partial charge in [-0.05, 0) is 29.2 Å². The Labute approximate surface area is 184 Å². The van der Waals surface area contributed by atoms with E-state index in [-0.39, 0.29) is 11.9 Å². The van der Waals surface area contributed by atoms with Gasteiger partial charge in [-0.25, -0.2) is 0 Å². The number of nitrogens with one attached hydrogen (secondary N) is 1. The minimum atomic E-state index is 0.122. The van der Waals surface area contributed by atoms with Crippen molar-refractivity contribution in [2.75, 3.05) is 19.6 Å². The van der Waals surface area contributed by atoms with Gasteiger partial charge in [-0.2, -0.15) is 0 Å². The lowest BCUT2D eigenvalue weighted by Gasteiger charge is -2.45. The van der Waals surface area contributed by atoms with Gasteiger partial charge in [0.1, 0.15) is 0 Å². The van der Waals surface area contributed by atoms with Gasteiger partial charge in [0.05, 0.1) is 6.04 Å². The third kappa shape index (κ3) is 5.89. The molecule has 1 amide bonds. The summed E-state index contributed by atoms with van der Waals surface area (Å²) in [5.74, 6) is 0.627. The molecule has 31 heavy (non-hydrogen) atoms. The zero-order valence-electron chi connectivity index (χ0n) is 17.7. The van der Waals surface area contributed by atoms with Gasteiger partial charge in [-0.1, -0.05) is 78.9 Å². The zero-order chi connectivity index (χ0) is 21.3. The summed E-state index contributed by atoms with van der Waals surface area (Å²) in [7, 11) is 0. The van der Waals surface area contributed by atoms with Gasteiger partial charge < -0.3 is 5.32 Å². The number of nitrogens with zero attached hydrogens (tertiary/aromatic N) is 2. The van der Waals surface area contributed by atoms with Gasteiger partial charge in [0, 0.05) is 44.4 Å². The summed E-state index contributed by atoms with van der Waals surface area (Å²) in [5, 5.41) is 3.11. The molecule has 4 rings (SSSR count). The van der Waals surface area contributed by atoms with E-state index in [9.17, 15) is 4.79 Å². The molecule has 1 N–H and O–H groups in total. The lowest BCUT2D eigenvalue weighted by molar-refractivity contribution is -0.121. The molecule has 0 atom stereocenters. The topological polar surface area (TPSA) is 45.2 Å². The Balaban J connectivity index is 1.23. The van der Waals surface area contributed by atoms with E-state index in [0.717, 1.165) is 31.6 Å². The van der Waals surface area contributed by atoms with Crippen LogP contribution in [0.4, 0.5) is 0 Å². The molecule has 0 spiro atoms. The van der Waals surface area contributed by atoms with E-state index in [1.165, 1.54) is 11.1 Å². The highest BCUT2D eigenvalue weighted by Crippen LogP contribution is 2.33. The monoisotopic (exact) mass is 411 g/mol. The lowest BCUT2D eigenvalue weighted by Crippen LogP contribution is -2.52. The fourth-order valence-corrected chi connectivity index (χ4v) is 4.09. The summed E-state index contributed by atoms with van der Waals surface area (Å²) in [4.78, 5) is 18.8. The third-order valence-corrected chi connectivity index (χ3v) is 5.70. The fourth-order valence-electron chi connectivity index (χ4n) is 4.09. The maximum Gasteiger partial charge on any atom is 0.220 e. The molecule has 0 saturated carbocycles. The lowest BCUT2D eigenvalue weighted by atomic mass is 9.90. The van der Waals surface area contributed by atoms with Crippen LogP contribution in [0.5, 0.6) is 0 Å². The average molecular weight is 412 g/mol. The molecule has 2 heterocycles.